The summed E-state index contributed by atoms with van der Waals surface area (Å²) in [6.07, 6.45) is 0. The smallest absolute Gasteiger partial charge is 0.291 e. The normalized spacial score (nSPS) is 10.7. The molecule has 0 radical (unpaired) electrons. The van der Waals surface area contributed by atoms with Crippen LogP contribution in [0.3, 0.4) is 0 Å². The maximum Gasteiger partial charge on any atom is 0.291 e. The topological polar surface area (TPSA) is 42.2 Å². The van der Waals surface area contributed by atoms with Crippen LogP contribution in [0.25, 0.3) is 11.0 Å². The average molecular weight is 330 g/mol. The van der Waals surface area contributed by atoms with Gasteiger partial charge in [-0.1, -0.05) is 28.1 Å². The molecule has 0 aliphatic heterocycles. The number of rotatable bonds is 2. The lowest BCUT2D eigenvalue weighted by atomic mass is 10.2. The molecule has 1 N–H and O–H groups in total. The van der Waals surface area contributed by atoms with Gasteiger partial charge < -0.3 is 9.73 Å². The summed E-state index contributed by atoms with van der Waals surface area (Å²) in [4.78, 5) is 12.2. The van der Waals surface area contributed by atoms with Crippen molar-refractivity contribution in [3.63, 3.8) is 0 Å². The van der Waals surface area contributed by atoms with Crippen LogP contribution >= 0.6 is 15.9 Å². The van der Waals surface area contributed by atoms with E-state index in [1.54, 1.807) is 6.07 Å². The lowest BCUT2D eigenvalue weighted by Gasteiger charge is -2.03. The Morgan fingerprint density at radius 2 is 2.00 bits per heavy atom. The number of amides is 1. The van der Waals surface area contributed by atoms with Gasteiger partial charge in [-0.25, -0.2) is 0 Å². The SMILES string of the molecule is Cc1cccc(NC(=O)c2cc3cc(Br)ccc3o2)c1. The third-order valence-electron chi connectivity index (χ3n) is 2.98. The molecular formula is C16H12BrNO2. The Morgan fingerprint density at radius 1 is 1.15 bits per heavy atom. The van der Waals surface area contributed by atoms with Crippen molar-refractivity contribution in [1.82, 2.24) is 0 Å². The Kier molecular flexibility index (Phi) is 3.32. The minimum atomic E-state index is -0.247. The first-order chi connectivity index (χ1) is 9.61. The monoisotopic (exact) mass is 329 g/mol. The summed E-state index contributed by atoms with van der Waals surface area (Å²) in [5.41, 5.74) is 2.55. The number of hydrogen-bond acceptors (Lipinski definition) is 2. The van der Waals surface area contributed by atoms with E-state index in [-0.39, 0.29) is 5.91 Å². The Morgan fingerprint density at radius 3 is 2.80 bits per heavy atom. The zero-order chi connectivity index (χ0) is 14.1. The Hall–Kier alpha value is -2.07. The number of nitrogens with one attached hydrogen (secondary N) is 1. The molecule has 0 atom stereocenters. The van der Waals surface area contributed by atoms with Crippen molar-refractivity contribution in [3.8, 4) is 0 Å². The van der Waals surface area contributed by atoms with Gasteiger partial charge in [0.1, 0.15) is 5.58 Å². The molecule has 100 valence electrons. The number of carbonyl (C=O) groups excluding carboxylic acids is 1. The zero-order valence-corrected chi connectivity index (χ0v) is 12.4. The van der Waals surface area contributed by atoms with E-state index in [2.05, 4.69) is 21.2 Å². The van der Waals surface area contributed by atoms with E-state index in [1.165, 1.54) is 0 Å². The predicted molar refractivity (Wildman–Crippen MR) is 83.0 cm³/mol. The van der Waals surface area contributed by atoms with Gasteiger partial charge in [0.25, 0.3) is 5.91 Å². The van der Waals surface area contributed by atoms with Crippen LogP contribution in [-0.4, -0.2) is 5.91 Å². The fourth-order valence-corrected chi connectivity index (χ4v) is 2.42. The van der Waals surface area contributed by atoms with Crippen LogP contribution in [0.2, 0.25) is 0 Å². The second-order valence-corrected chi connectivity index (χ2v) is 5.53. The van der Waals surface area contributed by atoms with E-state index < -0.39 is 0 Å². The average Bonchev–Trinajstić information content (AvgIpc) is 2.81. The molecule has 2 aromatic carbocycles. The van der Waals surface area contributed by atoms with Crippen LogP contribution < -0.4 is 5.32 Å². The molecular weight excluding hydrogens is 318 g/mol. The van der Waals surface area contributed by atoms with Gasteiger partial charge in [-0.05, 0) is 48.9 Å². The van der Waals surface area contributed by atoms with E-state index in [0.29, 0.717) is 11.3 Å². The highest BCUT2D eigenvalue weighted by Crippen LogP contribution is 2.24. The third-order valence-corrected chi connectivity index (χ3v) is 3.47. The van der Waals surface area contributed by atoms with Crippen molar-refractivity contribution in [2.24, 2.45) is 0 Å². The van der Waals surface area contributed by atoms with E-state index in [9.17, 15) is 4.79 Å². The van der Waals surface area contributed by atoms with Gasteiger partial charge in [0.15, 0.2) is 5.76 Å². The quantitative estimate of drug-likeness (QED) is 0.736. The van der Waals surface area contributed by atoms with E-state index >= 15 is 0 Å². The van der Waals surface area contributed by atoms with Crippen LogP contribution in [0.15, 0.2) is 57.4 Å². The van der Waals surface area contributed by atoms with E-state index in [0.717, 1.165) is 21.1 Å². The summed E-state index contributed by atoms with van der Waals surface area (Å²) >= 11 is 3.40. The highest BCUT2D eigenvalue weighted by molar-refractivity contribution is 9.10. The molecule has 0 aliphatic carbocycles. The van der Waals surface area contributed by atoms with Gasteiger partial charge in [-0.2, -0.15) is 0 Å². The van der Waals surface area contributed by atoms with Crippen LogP contribution in [0.5, 0.6) is 0 Å². The van der Waals surface area contributed by atoms with Gasteiger partial charge in [0, 0.05) is 15.5 Å². The first kappa shape index (κ1) is 12.9. The highest BCUT2D eigenvalue weighted by Gasteiger charge is 2.12. The second-order valence-electron chi connectivity index (χ2n) is 4.62. The van der Waals surface area contributed by atoms with Crippen molar-refractivity contribution < 1.29 is 9.21 Å². The molecule has 0 aliphatic rings. The van der Waals surface area contributed by atoms with Crippen molar-refractivity contribution >= 4 is 38.5 Å². The molecule has 1 aromatic heterocycles. The number of benzene rings is 2. The van der Waals surface area contributed by atoms with Crippen molar-refractivity contribution in [2.75, 3.05) is 5.32 Å². The molecule has 1 heterocycles. The molecule has 1 amide bonds. The molecule has 20 heavy (non-hydrogen) atoms. The molecule has 0 bridgehead atoms. The summed E-state index contributed by atoms with van der Waals surface area (Å²) in [6.45, 7) is 1.98. The lowest BCUT2D eigenvalue weighted by Crippen LogP contribution is -2.10. The molecule has 0 saturated heterocycles. The summed E-state index contributed by atoms with van der Waals surface area (Å²) in [7, 11) is 0. The number of anilines is 1. The lowest BCUT2D eigenvalue weighted by molar-refractivity contribution is 0.0998. The molecule has 3 rings (SSSR count). The number of halogens is 1. The molecule has 0 unspecified atom stereocenters. The maximum atomic E-state index is 12.2. The van der Waals surface area contributed by atoms with Crippen molar-refractivity contribution in [3.05, 3.63) is 64.3 Å². The zero-order valence-electron chi connectivity index (χ0n) is 10.8. The maximum absolute atomic E-state index is 12.2. The molecule has 3 nitrogen and oxygen atoms in total. The van der Waals surface area contributed by atoms with Gasteiger partial charge in [-0.15, -0.1) is 0 Å². The van der Waals surface area contributed by atoms with Gasteiger partial charge >= 0.3 is 0 Å². The fourth-order valence-electron chi connectivity index (χ4n) is 2.04. The Balaban J connectivity index is 1.88. The molecule has 0 spiro atoms. The van der Waals surface area contributed by atoms with E-state index in [4.69, 9.17) is 4.42 Å². The summed E-state index contributed by atoms with van der Waals surface area (Å²) < 4.78 is 6.51. The largest absolute Gasteiger partial charge is 0.451 e. The number of furan rings is 1. The predicted octanol–water partition coefficient (Wildman–Crippen LogP) is 4.76. The Labute approximate surface area is 124 Å². The van der Waals surface area contributed by atoms with Crippen molar-refractivity contribution in [1.29, 1.82) is 0 Å². The van der Waals surface area contributed by atoms with Crippen LogP contribution in [-0.2, 0) is 0 Å². The molecule has 4 heteroatoms. The van der Waals surface area contributed by atoms with E-state index in [1.807, 2.05) is 49.4 Å². The van der Waals surface area contributed by atoms with Crippen LogP contribution in [0.1, 0.15) is 16.1 Å². The Bertz CT molecular complexity index is 792. The number of hydrogen-bond donors (Lipinski definition) is 1. The fraction of sp³-hybridized carbons (Fsp3) is 0.0625. The summed E-state index contributed by atoms with van der Waals surface area (Å²) in [6, 6.07) is 15.0. The second kappa shape index (κ2) is 5.13. The minimum Gasteiger partial charge on any atom is -0.451 e. The van der Waals surface area contributed by atoms with Gasteiger partial charge in [0.05, 0.1) is 0 Å². The van der Waals surface area contributed by atoms with Gasteiger partial charge in [0.2, 0.25) is 0 Å². The molecule has 3 aromatic rings. The molecule has 0 saturated carbocycles. The van der Waals surface area contributed by atoms with Crippen LogP contribution in [0.4, 0.5) is 5.69 Å². The number of fused-ring (bicyclic) bond motifs is 1. The highest BCUT2D eigenvalue weighted by atomic mass is 79.9. The minimum absolute atomic E-state index is 0.247. The standard InChI is InChI=1S/C16H12BrNO2/c1-10-3-2-4-13(7-10)18-16(19)15-9-11-8-12(17)5-6-14(11)20-15/h2-9H,1H3,(H,18,19). The number of aryl methyl sites for hydroxylation is 1. The first-order valence-corrected chi connectivity index (χ1v) is 6.98. The summed E-state index contributed by atoms with van der Waals surface area (Å²) in [5, 5.41) is 3.73. The van der Waals surface area contributed by atoms with Crippen LogP contribution in [0, 0.1) is 6.92 Å². The summed E-state index contributed by atoms with van der Waals surface area (Å²) in [5.74, 6) is 0.0579. The van der Waals surface area contributed by atoms with Gasteiger partial charge in [-0.3, -0.25) is 4.79 Å². The number of carbonyl (C=O) groups is 1. The molecule has 0 fully saturated rings. The van der Waals surface area contributed by atoms with Crippen molar-refractivity contribution in [2.45, 2.75) is 6.92 Å². The first-order valence-electron chi connectivity index (χ1n) is 6.19. The third kappa shape index (κ3) is 2.60.